The smallest absolute Gasteiger partial charge is 0.248 e. The lowest BCUT2D eigenvalue weighted by atomic mass is 10.1. The number of hydrogen-bond donors (Lipinski definition) is 0. The van der Waals surface area contributed by atoms with Crippen LogP contribution >= 0.6 is 0 Å². The Hall–Kier alpha value is -0.180. The number of rotatable bonds is 6. The van der Waals surface area contributed by atoms with Gasteiger partial charge in [-0.1, -0.05) is 6.92 Å². The van der Waals surface area contributed by atoms with Crippen molar-refractivity contribution in [1.29, 1.82) is 0 Å². The number of alkyl halides is 2. The van der Waals surface area contributed by atoms with Gasteiger partial charge in [-0.15, -0.1) is 0 Å². The minimum absolute atomic E-state index is 0.0593. The van der Waals surface area contributed by atoms with E-state index in [-0.39, 0.29) is 18.9 Å². The van der Waals surface area contributed by atoms with Gasteiger partial charge in [0.25, 0.3) is 0 Å². The molecule has 0 saturated heterocycles. The molecule has 0 N–H and O–H groups in total. The van der Waals surface area contributed by atoms with Crippen molar-refractivity contribution in [2.45, 2.75) is 52.1 Å². The van der Waals surface area contributed by atoms with E-state index in [1.54, 1.807) is 0 Å². The van der Waals surface area contributed by atoms with E-state index < -0.39 is 5.92 Å². The van der Waals surface area contributed by atoms with E-state index in [9.17, 15) is 8.78 Å². The molecular weight excluding hydrogens is 162 g/mol. The highest BCUT2D eigenvalue weighted by molar-refractivity contribution is 4.62. The summed E-state index contributed by atoms with van der Waals surface area (Å²) in [7, 11) is 0. The van der Waals surface area contributed by atoms with Gasteiger partial charge in [0.05, 0.1) is 6.10 Å². The minimum Gasteiger partial charge on any atom is -0.379 e. The quantitative estimate of drug-likeness (QED) is 0.570. The summed E-state index contributed by atoms with van der Waals surface area (Å²) in [6, 6.07) is 0. The van der Waals surface area contributed by atoms with Crippen molar-refractivity contribution in [3.05, 3.63) is 0 Å². The Labute approximate surface area is 73.1 Å². The van der Waals surface area contributed by atoms with E-state index in [4.69, 9.17) is 4.74 Å². The predicted molar refractivity (Wildman–Crippen MR) is 45.6 cm³/mol. The van der Waals surface area contributed by atoms with Gasteiger partial charge in [0.2, 0.25) is 5.92 Å². The van der Waals surface area contributed by atoms with Gasteiger partial charge in [0, 0.05) is 19.4 Å². The molecule has 0 bridgehead atoms. The first kappa shape index (κ1) is 11.8. The first-order chi connectivity index (χ1) is 5.48. The van der Waals surface area contributed by atoms with Crippen molar-refractivity contribution in [3.63, 3.8) is 0 Å². The maximum absolute atomic E-state index is 12.6. The van der Waals surface area contributed by atoms with Crippen molar-refractivity contribution in [2.75, 3.05) is 6.61 Å². The lowest BCUT2D eigenvalue weighted by Crippen LogP contribution is -2.15. The topological polar surface area (TPSA) is 9.23 Å². The summed E-state index contributed by atoms with van der Waals surface area (Å²) in [5.41, 5.74) is 0. The minimum atomic E-state index is -2.50. The summed E-state index contributed by atoms with van der Waals surface area (Å²) in [5, 5.41) is 0. The van der Waals surface area contributed by atoms with Crippen LogP contribution in [0.1, 0.15) is 40.0 Å². The molecule has 0 rings (SSSR count). The Morgan fingerprint density at radius 2 is 1.92 bits per heavy atom. The normalized spacial score (nSPS) is 12.5. The molecule has 0 aromatic carbocycles. The van der Waals surface area contributed by atoms with Gasteiger partial charge in [-0.25, -0.2) is 8.78 Å². The average molecular weight is 180 g/mol. The highest BCUT2D eigenvalue weighted by atomic mass is 19.3. The molecule has 0 radical (unpaired) electrons. The molecule has 0 saturated carbocycles. The first-order valence-corrected chi connectivity index (χ1v) is 4.47. The molecule has 0 aromatic heterocycles. The van der Waals surface area contributed by atoms with Crippen molar-refractivity contribution >= 4 is 0 Å². The summed E-state index contributed by atoms with van der Waals surface area (Å²) in [6.45, 7) is 5.74. The third-order valence-corrected chi connectivity index (χ3v) is 1.66. The molecular formula is C9H18F2O. The SMILES string of the molecule is CCC(F)(F)CCCOC(C)C. The number of halogens is 2. The largest absolute Gasteiger partial charge is 0.379 e. The summed E-state index contributed by atoms with van der Waals surface area (Å²) in [4.78, 5) is 0. The maximum Gasteiger partial charge on any atom is 0.248 e. The average Bonchev–Trinajstić information content (AvgIpc) is 1.98. The number of ether oxygens (including phenoxy) is 1. The van der Waals surface area contributed by atoms with Gasteiger partial charge < -0.3 is 4.74 Å². The van der Waals surface area contributed by atoms with Crippen LogP contribution in [0.5, 0.6) is 0 Å². The van der Waals surface area contributed by atoms with Crippen molar-refractivity contribution in [1.82, 2.24) is 0 Å². The molecule has 0 aliphatic rings. The van der Waals surface area contributed by atoms with Crippen LogP contribution in [0.3, 0.4) is 0 Å². The van der Waals surface area contributed by atoms with E-state index in [1.165, 1.54) is 6.92 Å². The third-order valence-electron chi connectivity index (χ3n) is 1.66. The van der Waals surface area contributed by atoms with Crippen LogP contribution in [0, 0.1) is 0 Å². The van der Waals surface area contributed by atoms with Crippen LogP contribution < -0.4 is 0 Å². The molecule has 0 fully saturated rings. The summed E-state index contributed by atoms with van der Waals surface area (Å²) in [5.74, 6) is -2.50. The molecule has 0 aliphatic heterocycles. The van der Waals surface area contributed by atoms with Crippen LogP contribution in [0.4, 0.5) is 8.78 Å². The van der Waals surface area contributed by atoms with Crippen LogP contribution in [0.25, 0.3) is 0 Å². The highest BCUT2D eigenvalue weighted by Crippen LogP contribution is 2.23. The van der Waals surface area contributed by atoms with Gasteiger partial charge in [-0.3, -0.25) is 0 Å². The molecule has 3 heteroatoms. The van der Waals surface area contributed by atoms with E-state index >= 15 is 0 Å². The van der Waals surface area contributed by atoms with Gasteiger partial charge in [-0.2, -0.15) is 0 Å². The van der Waals surface area contributed by atoms with E-state index in [1.807, 2.05) is 13.8 Å². The standard InChI is InChI=1S/C9H18F2O/c1-4-9(10,11)6-5-7-12-8(2)3/h8H,4-7H2,1-3H3. The fourth-order valence-corrected chi connectivity index (χ4v) is 0.827. The molecule has 0 aliphatic carbocycles. The van der Waals surface area contributed by atoms with Gasteiger partial charge >= 0.3 is 0 Å². The Morgan fingerprint density at radius 1 is 1.33 bits per heavy atom. The van der Waals surface area contributed by atoms with Crippen LogP contribution in [-0.2, 0) is 4.74 Å². The fourth-order valence-electron chi connectivity index (χ4n) is 0.827. The second kappa shape index (κ2) is 5.46. The van der Waals surface area contributed by atoms with Gasteiger partial charge in [0.15, 0.2) is 0 Å². The number of hydrogen-bond acceptors (Lipinski definition) is 1. The Kier molecular flexibility index (Phi) is 5.38. The molecule has 1 nitrogen and oxygen atoms in total. The molecule has 0 atom stereocenters. The molecule has 0 unspecified atom stereocenters. The lowest BCUT2D eigenvalue weighted by Gasteiger charge is -2.14. The zero-order chi connectivity index (χ0) is 9.61. The highest BCUT2D eigenvalue weighted by Gasteiger charge is 2.24. The first-order valence-electron chi connectivity index (χ1n) is 4.47. The molecule has 0 aromatic rings. The lowest BCUT2D eigenvalue weighted by molar-refractivity contribution is -0.0239. The summed E-state index contributed by atoms with van der Waals surface area (Å²) >= 11 is 0. The molecule has 0 amide bonds. The van der Waals surface area contributed by atoms with E-state index in [0.717, 1.165) is 0 Å². The zero-order valence-electron chi connectivity index (χ0n) is 8.07. The molecule has 0 heterocycles. The Balaban J connectivity index is 3.31. The molecule has 74 valence electrons. The van der Waals surface area contributed by atoms with Crippen molar-refractivity contribution in [3.8, 4) is 0 Å². The monoisotopic (exact) mass is 180 g/mol. The van der Waals surface area contributed by atoms with Crippen LogP contribution in [-0.4, -0.2) is 18.6 Å². The van der Waals surface area contributed by atoms with E-state index in [2.05, 4.69) is 0 Å². The Bertz CT molecular complexity index is 113. The van der Waals surface area contributed by atoms with Crippen LogP contribution in [0.2, 0.25) is 0 Å². The van der Waals surface area contributed by atoms with Gasteiger partial charge in [0.1, 0.15) is 0 Å². The van der Waals surface area contributed by atoms with Crippen LogP contribution in [0.15, 0.2) is 0 Å². The summed E-state index contributed by atoms with van der Waals surface area (Å²) < 4.78 is 30.4. The molecule has 12 heavy (non-hydrogen) atoms. The zero-order valence-corrected chi connectivity index (χ0v) is 8.07. The van der Waals surface area contributed by atoms with Crippen molar-refractivity contribution < 1.29 is 13.5 Å². The Morgan fingerprint density at radius 3 is 2.33 bits per heavy atom. The third kappa shape index (κ3) is 6.53. The van der Waals surface area contributed by atoms with E-state index in [0.29, 0.717) is 13.0 Å². The molecule has 0 spiro atoms. The maximum atomic E-state index is 12.6. The summed E-state index contributed by atoms with van der Waals surface area (Å²) in [6.07, 6.45) is 0.449. The second-order valence-electron chi connectivity index (χ2n) is 3.23. The predicted octanol–water partition coefficient (Wildman–Crippen LogP) is 3.24. The van der Waals surface area contributed by atoms with Gasteiger partial charge in [-0.05, 0) is 20.3 Å². The second-order valence-corrected chi connectivity index (χ2v) is 3.23. The van der Waals surface area contributed by atoms with Crippen molar-refractivity contribution in [2.24, 2.45) is 0 Å². The fraction of sp³-hybridized carbons (Fsp3) is 1.00.